The van der Waals surface area contributed by atoms with Crippen LogP contribution in [0.2, 0.25) is 0 Å². The fraction of sp³-hybridized carbons (Fsp3) is 0.300. The van der Waals surface area contributed by atoms with Crippen LogP contribution in [0.25, 0.3) is 0 Å². The number of halogens is 1. The Morgan fingerprint density at radius 1 is 1.56 bits per heavy atom. The summed E-state index contributed by atoms with van der Waals surface area (Å²) in [6.45, 7) is 1.99. The molecule has 1 N–H and O–H groups in total. The third kappa shape index (κ3) is 3.00. The Labute approximate surface area is 117 Å². The van der Waals surface area contributed by atoms with E-state index in [1.54, 1.807) is 17.6 Å². The van der Waals surface area contributed by atoms with Crippen LogP contribution >= 0.6 is 27.3 Å². The van der Waals surface area contributed by atoms with Crippen LogP contribution in [0.15, 0.2) is 30.7 Å². The van der Waals surface area contributed by atoms with E-state index in [0.717, 1.165) is 23.5 Å². The van der Waals surface area contributed by atoms with Gasteiger partial charge in [0.25, 0.3) is 10.0 Å². The van der Waals surface area contributed by atoms with E-state index in [0.29, 0.717) is 10.4 Å². The molecular formula is C10H11BrN2O3S2. The molecule has 0 radical (unpaired) electrons. The van der Waals surface area contributed by atoms with Gasteiger partial charge in [-0.2, -0.15) is 0 Å². The van der Waals surface area contributed by atoms with E-state index < -0.39 is 10.0 Å². The van der Waals surface area contributed by atoms with Gasteiger partial charge in [0, 0.05) is 10.9 Å². The molecule has 2 rings (SSSR count). The van der Waals surface area contributed by atoms with Crippen molar-refractivity contribution < 1.29 is 12.8 Å². The van der Waals surface area contributed by atoms with Gasteiger partial charge in [-0.1, -0.05) is 6.92 Å². The Bertz CT molecular complexity index is 633. The molecule has 0 unspecified atom stereocenters. The minimum absolute atomic E-state index is 0.0483. The lowest BCUT2D eigenvalue weighted by molar-refractivity contribution is 0.452. The summed E-state index contributed by atoms with van der Waals surface area (Å²) in [6, 6.07) is 1.69. The molecule has 0 aliphatic rings. The molecule has 0 spiro atoms. The Balaban J connectivity index is 2.08. The molecular weight excluding hydrogens is 340 g/mol. The van der Waals surface area contributed by atoms with Gasteiger partial charge in [0.05, 0.1) is 12.7 Å². The summed E-state index contributed by atoms with van der Waals surface area (Å²) < 4.78 is 32.5. The number of nitrogens with zero attached hydrogens (tertiary/aromatic N) is 1. The molecule has 2 aromatic heterocycles. The Hall–Kier alpha value is -0.700. The molecule has 0 atom stereocenters. The Kier molecular flexibility index (Phi) is 4.21. The monoisotopic (exact) mass is 350 g/mol. The number of sulfonamides is 1. The highest BCUT2D eigenvalue weighted by Crippen LogP contribution is 2.27. The molecule has 2 heterocycles. The standard InChI is InChI=1S/C10H11BrN2O3S2/c1-2-7-5-12-9(16-7)6-13-18(14,15)10-8(11)3-4-17-10/h3-5,13H,2,6H2,1H3. The van der Waals surface area contributed by atoms with E-state index in [2.05, 4.69) is 25.6 Å². The first kappa shape index (κ1) is 13.7. The predicted molar refractivity (Wildman–Crippen MR) is 71.9 cm³/mol. The second-order valence-corrected chi connectivity index (χ2v) is 7.19. The van der Waals surface area contributed by atoms with Crippen LogP contribution < -0.4 is 4.72 Å². The number of nitrogens with one attached hydrogen (secondary N) is 1. The number of aromatic nitrogens is 1. The summed E-state index contributed by atoms with van der Waals surface area (Å²) >= 11 is 4.35. The summed E-state index contributed by atoms with van der Waals surface area (Å²) in [6.07, 6.45) is 2.33. The molecule has 0 fully saturated rings. The zero-order valence-electron chi connectivity index (χ0n) is 9.51. The van der Waals surface area contributed by atoms with Crippen LogP contribution in [0.1, 0.15) is 18.6 Å². The first-order chi connectivity index (χ1) is 8.53. The van der Waals surface area contributed by atoms with E-state index in [-0.39, 0.29) is 10.8 Å². The van der Waals surface area contributed by atoms with Gasteiger partial charge < -0.3 is 4.42 Å². The van der Waals surface area contributed by atoms with Crippen LogP contribution in [0.4, 0.5) is 0 Å². The molecule has 98 valence electrons. The fourth-order valence-corrected chi connectivity index (χ4v) is 4.64. The average Bonchev–Trinajstić information content (AvgIpc) is 2.95. The van der Waals surface area contributed by atoms with Gasteiger partial charge in [0.2, 0.25) is 5.89 Å². The van der Waals surface area contributed by atoms with Crippen LogP contribution in [-0.4, -0.2) is 13.4 Å². The van der Waals surface area contributed by atoms with Gasteiger partial charge in [0.15, 0.2) is 0 Å². The molecule has 0 bridgehead atoms. The molecule has 0 aromatic carbocycles. The number of rotatable bonds is 5. The number of thiophene rings is 1. The lowest BCUT2D eigenvalue weighted by Crippen LogP contribution is -2.22. The summed E-state index contributed by atoms with van der Waals surface area (Å²) in [5.41, 5.74) is 0. The number of aryl methyl sites for hydroxylation is 1. The van der Waals surface area contributed by atoms with E-state index in [4.69, 9.17) is 4.42 Å². The molecule has 0 saturated heterocycles. The van der Waals surface area contributed by atoms with Crippen molar-refractivity contribution in [3.05, 3.63) is 33.8 Å². The number of hydrogen-bond donors (Lipinski definition) is 1. The van der Waals surface area contributed by atoms with Crippen molar-refractivity contribution in [1.82, 2.24) is 9.71 Å². The third-order valence-electron chi connectivity index (χ3n) is 2.19. The van der Waals surface area contributed by atoms with Crippen molar-refractivity contribution in [3.63, 3.8) is 0 Å². The van der Waals surface area contributed by atoms with E-state index in [1.807, 2.05) is 6.92 Å². The van der Waals surface area contributed by atoms with Gasteiger partial charge in [-0.05, 0) is 27.4 Å². The molecule has 0 saturated carbocycles. The van der Waals surface area contributed by atoms with Gasteiger partial charge in [-0.25, -0.2) is 18.1 Å². The Morgan fingerprint density at radius 3 is 2.89 bits per heavy atom. The lowest BCUT2D eigenvalue weighted by Gasteiger charge is -2.02. The van der Waals surface area contributed by atoms with Crippen molar-refractivity contribution in [3.8, 4) is 0 Å². The van der Waals surface area contributed by atoms with E-state index >= 15 is 0 Å². The number of hydrogen-bond acceptors (Lipinski definition) is 5. The number of oxazole rings is 1. The van der Waals surface area contributed by atoms with Crippen molar-refractivity contribution in [1.29, 1.82) is 0 Å². The molecule has 8 heteroatoms. The van der Waals surface area contributed by atoms with Gasteiger partial charge in [0.1, 0.15) is 9.97 Å². The average molecular weight is 351 g/mol. The Morgan fingerprint density at radius 2 is 2.33 bits per heavy atom. The van der Waals surface area contributed by atoms with Gasteiger partial charge >= 0.3 is 0 Å². The molecule has 5 nitrogen and oxygen atoms in total. The maximum atomic E-state index is 12.0. The second-order valence-electron chi connectivity index (χ2n) is 3.45. The van der Waals surface area contributed by atoms with E-state index in [1.165, 1.54) is 0 Å². The quantitative estimate of drug-likeness (QED) is 0.899. The lowest BCUT2D eigenvalue weighted by atomic mass is 10.4. The van der Waals surface area contributed by atoms with Crippen LogP contribution in [0.3, 0.4) is 0 Å². The molecule has 0 amide bonds. The van der Waals surface area contributed by atoms with Crippen molar-refractivity contribution in [2.75, 3.05) is 0 Å². The van der Waals surface area contributed by atoms with Crippen molar-refractivity contribution in [2.45, 2.75) is 24.1 Å². The highest BCUT2D eigenvalue weighted by molar-refractivity contribution is 9.10. The largest absolute Gasteiger partial charge is 0.444 e. The van der Waals surface area contributed by atoms with Gasteiger partial charge in [-0.3, -0.25) is 0 Å². The topological polar surface area (TPSA) is 72.2 Å². The zero-order valence-corrected chi connectivity index (χ0v) is 12.7. The molecule has 0 aliphatic carbocycles. The SMILES string of the molecule is CCc1cnc(CNS(=O)(=O)c2sccc2Br)o1. The minimum Gasteiger partial charge on any atom is -0.444 e. The summed E-state index contributed by atoms with van der Waals surface area (Å²) in [5.74, 6) is 1.10. The zero-order chi connectivity index (χ0) is 13.2. The van der Waals surface area contributed by atoms with Gasteiger partial charge in [-0.15, -0.1) is 11.3 Å². The summed E-state index contributed by atoms with van der Waals surface area (Å²) in [4.78, 5) is 3.99. The maximum absolute atomic E-state index is 12.0. The van der Waals surface area contributed by atoms with E-state index in [9.17, 15) is 8.42 Å². The smallest absolute Gasteiger partial charge is 0.251 e. The van der Waals surface area contributed by atoms with Crippen molar-refractivity contribution in [2.24, 2.45) is 0 Å². The maximum Gasteiger partial charge on any atom is 0.251 e. The van der Waals surface area contributed by atoms with Crippen LogP contribution in [0, 0.1) is 0 Å². The minimum atomic E-state index is -3.52. The van der Waals surface area contributed by atoms with Crippen LogP contribution in [0.5, 0.6) is 0 Å². The van der Waals surface area contributed by atoms with Crippen LogP contribution in [-0.2, 0) is 23.0 Å². The summed E-state index contributed by atoms with van der Waals surface area (Å²) in [7, 11) is -3.52. The predicted octanol–water partition coefficient (Wildman–Crippen LogP) is 2.54. The normalized spacial score (nSPS) is 11.9. The highest BCUT2D eigenvalue weighted by Gasteiger charge is 2.19. The first-order valence-corrected chi connectivity index (χ1v) is 8.34. The third-order valence-corrected chi connectivity index (χ3v) is 6.26. The van der Waals surface area contributed by atoms with Crippen molar-refractivity contribution >= 4 is 37.3 Å². The molecule has 2 aromatic rings. The molecule has 18 heavy (non-hydrogen) atoms. The summed E-state index contributed by atoms with van der Waals surface area (Å²) in [5, 5.41) is 1.71. The first-order valence-electron chi connectivity index (χ1n) is 5.19. The second kappa shape index (κ2) is 5.52. The highest BCUT2D eigenvalue weighted by atomic mass is 79.9. The fourth-order valence-electron chi connectivity index (χ4n) is 1.29. The molecule has 0 aliphatic heterocycles.